The number of halogens is 1. The molecule has 1 heteroatoms. The Bertz CT molecular complexity index is 701. The maximum Gasteiger partial charge on any atom is 0.126 e. The molecule has 1 atom stereocenters. The Labute approximate surface area is 152 Å². The van der Waals surface area contributed by atoms with Gasteiger partial charge < -0.3 is 0 Å². The van der Waals surface area contributed by atoms with Crippen molar-refractivity contribution in [3.63, 3.8) is 0 Å². The first-order chi connectivity index (χ1) is 12.2. The standard InChI is InChI=1S/C24H31F/c1-3-5-7-18-9-11-21-17-22(13-12-20(21)15-18)23-14-10-19(8-6-4-2)16-24(23)25/h9-11,14-16,22H,3-8,12-13,17H2,1-2H3. The van der Waals surface area contributed by atoms with Crippen LogP contribution in [0.4, 0.5) is 4.39 Å². The monoisotopic (exact) mass is 338 g/mol. The molecule has 2 aromatic rings. The Kier molecular flexibility index (Phi) is 6.29. The molecule has 1 aliphatic rings. The molecule has 0 saturated carbocycles. The number of fused-ring (bicyclic) bond motifs is 1. The van der Waals surface area contributed by atoms with Gasteiger partial charge in [-0.3, -0.25) is 0 Å². The molecule has 2 aromatic carbocycles. The summed E-state index contributed by atoms with van der Waals surface area (Å²) in [6, 6.07) is 12.9. The Morgan fingerprint density at radius 1 is 0.880 bits per heavy atom. The molecule has 0 saturated heterocycles. The van der Waals surface area contributed by atoms with Crippen LogP contribution in [0.1, 0.15) is 79.7 Å². The molecule has 1 aliphatic carbocycles. The van der Waals surface area contributed by atoms with Gasteiger partial charge >= 0.3 is 0 Å². The van der Waals surface area contributed by atoms with Gasteiger partial charge in [-0.05, 0) is 84.7 Å². The molecule has 0 bridgehead atoms. The minimum absolute atomic E-state index is 0.00150. The van der Waals surface area contributed by atoms with E-state index >= 15 is 0 Å². The third kappa shape index (κ3) is 4.51. The lowest BCUT2D eigenvalue weighted by molar-refractivity contribution is 0.532. The summed E-state index contributed by atoms with van der Waals surface area (Å²) in [4.78, 5) is 0. The zero-order valence-electron chi connectivity index (χ0n) is 15.8. The van der Waals surface area contributed by atoms with Gasteiger partial charge in [0, 0.05) is 0 Å². The van der Waals surface area contributed by atoms with Crippen molar-refractivity contribution in [2.24, 2.45) is 0 Å². The van der Waals surface area contributed by atoms with Crippen LogP contribution in [0.5, 0.6) is 0 Å². The molecule has 0 amide bonds. The van der Waals surface area contributed by atoms with E-state index < -0.39 is 0 Å². The lowest BCUT2D eigenvalue weighted by atomic mass is 9.79. The first-order valence-electron chi connectivity index (χ1n) is 10.1. The Hall–Kier alpha value is -1.63. The number of hydrogen-bond donors (Lipinski definition) is 0. The molecule has 0 heterocycles. The molecular weight excluding hydrogens is 307 g/mol. The third-order valence-corrected chi connectivity index (χ3v) is 5.64. The number of unbranched alkanes of at least 4 members (excludes halogenated alkanes) is 2. The average molecular weight is 339 g/mol. The molecule has 25 heavy (non-hydrogen) atoms. The molecule has 3 rings (SSSR count). The Morgan fingerprint density at radius 3 is 2.24 bits per heavy atom. The van der Waals surface area contributed by atoms with Crippen molar-refractivity contribution in [1.82, 2.24) is 0 Å². The minimum Gasteiger partial charge on any atom is -0.207 e. The first kappa shape index (κ1) is 18.2. The third-order valence-electron chi connectivity index (χ3n) is 5.64. The molecular formula is C24H31F. The summed E-state index contributed by atoms with van der Waals surface area (Å²) in [5.41, 5.74) is 6.43. The van der Waals surface area contributed by atoms with E-state index in [-0.39, 0.29) is 5.82 Å². The summed E-state index contributed by atoms with van der Waals surface area (Å²) < 4.78 is 14.6. The van der Waals surface area contributed by atoms with Gasteiger partial charge in [-0.25, -0.2) is 4.39 Å². The van der Waals surface area contributed by atoms with Gasteiger partial charge in [0.2, 0.25) is 0 Å². The molecule has 0 radical (unpaired) electrons. The first-order valence-corrected chi connectivity index (χ1v) is 10.1. The molecule has 0 fully saturated rings. The van der Waals surface area contributed by atoms with Gasteiger partial charge in [-0.15, -0.1) is 0 Å². The second kappa shape index (κ2) is 8.65. The fraction of sp³-hybridized carbons (Fsp3) is 0.500. The van der Waals surface area contributed by atoms with E-state index in [1.165, 1.54) is 36.0 Å². The van der Waals surface area contributed by atoms with Crippen molar-refractivity contribution in [2.45, 2.75) is 77.6 Å². The fourth-order valence-electron chi connectivity index (χ4n) is 4.05. The van der Waals surface area contributed by atoms with Gasteiger partial charge in [-0.2, -0.15) is 0 Å². The minimum atomic E-state index is 0.00150. The van der Waals surface area contributed by atoms with Crippen LogP contribution in [-0.2, 0) is 25.7 Å². The van der Waals surface area contributed by atoms with Crippen LogP contribution < -0.4 is 0 Å². The highest BCUT2D eigenvalue weighted by molar-refractivity contribution is 5.38. The van der Waals surface area contributed by atoms with Gasteiger partial charge in [0.15, 0.2) is 0 Å². The van der Waals surface area contributed by atoms with E-state index in [1.54, 1.807) is 6.07 Å². The highest BCUT2D eigenvalue weighted by Gasteiger charge is 2.22. The highest BCUT2D eigenvalue weighted by atomic mass is 19.1. The van der Waals surface area contributed by atoms with Crippen LogP contribution in [0.2, 0.25) is 0 Å². The van der Waals surface area contributed by atoms with Gasteiger partial charge in [0.25, 0.3) is 0 Å². The van der Waals surface area contributed by atoms with Gasteiger partial charge in [-0.1, -0.05) is 57.0 Å². The van der Waals surface area contributed by atoms with Gasteiger partial charge in [0.1, 0.15) is 5.82 Å². The largest absolute Gasteiger partial charge is 0.207 e. The van der Waals surface area contributed by atoms with Crippen molar-refractivity contribution in [3.8, 4) is 0 Å². The van der Waals surface area contributed by atoms with E-state index in [0.717, 1.165) is 49.7 Å². The van der Waals surface area contributed by atoms with E-state index in [0.29, 0.717) is 5.92 Å². The van der Waals surface area contributed by atoms with Crippen LogP contribution in [0.3, 0.4) is 0 Å². The predicted octanol–water partition coefficient (Wildman–Crippen LogP) is 6.78. The van der Waals surface area contributed by atoms with E-state index in [9.17, 15) is 4.39 Å². The maximum absolute atomic E-state index is 14.6. The Balaban J connectivity index is 1.72. The lowest BCUT2D eigenvalue weighted by Crippen LogP contribution is -2.14. The second-order valence-corrected chi connectivity index (χ2v) is 7.61. The number of rotatable bonds is 7. The Morgan fingerprint density at radius 2 is 1.56 bits per heavy atom. The number of benzene rings is 2. The predicted molar refractivity (Wildman–Crippen MR) is 105 cm³/mol. The van der Waals surface area contributed by atoms with Crippen molar-refractivity contribution in [3.05, 3.63) is 70.0 Å². The van der Waals surface area contributed by atoms with Crippen molar-refractivity contribution in [2.75, 3.05) is 0 Å². The normalized spacial score (nSPS) is 16.7. The smallest absolute Gasteiger partial charge is 0.126 e. The summed E-state index contributed by atoms with van der Waals surface area (Å²) >= 11 is 0. The van der Waals surface area contributed by atoms with Crippen LogP contribution in [0, 0.1) is 5.82 Å². The molecule has 0 spiro atoms. The number of aryl methyl sites for hydroxylation is 3. The summed E-state index contributed by atoms with van der Waals surface area (Å²) in [6.45, 7) is 4.42. The van der Waals surface area contributed by atoms with Crippen molar-refractivity contribution in [1.29, 1.82) is 0 Å². The molecule has 134 valence electrons. The molecule has 0 N–H and O–H groups in total. The summed E-state index contributed by atoms with van der Waals surface area (Å²) in [7, 11) is 0. The quantitative estimate of drug-likeness (QED) is 0.522. The fourth-order valence-corrected chi connectivity index (χ4v) is 4.05. The van der Waals surface area contributed by atoms with Crippen LogP contribution >= 0.6 is 0 Å². The maximum atomic E-state index is 14.6. The van der Waals surface area contributed by atoms with Crippen molar-refractivity contribution >= 4 is 0 Å². The molecule has 0 aliphatic heterocycles. The number of hydrogen-bond acceptors (Lipinski definition) is 0. The van der Waals surface area contributed by atoms with Crippen LogP contribution in [-0.4, -0.2) is 0 Å². The molecule has 1 unspecified atom stereocenters. The van der Waals surface area contributed by atoms with E-state index in [1.807, 2.05) is 6.07 Å². The van der Waals surface area contributed by atoms with Crippen molar-refractivity contribution < 1.29 is 4.39 Å². The molecule has 0 nitrogen and oxygen atoms in total. The van der Waals surface area contributed by atoms with Crippen LogP contribution in [0.25, 0.3) is 0 Å². The topological polar surface area (TPSA) is 0 Å². The van der Waals surface area contributed by atoms with E-state index in [2.05, 4.69) is 38.1 Å². The van der Waals surface area contributed by atoms with Gasteiger partial charge in [0.05, 0.1) is 0 Å². The van der Waals surface area contributed by atoms with Crippen LogP contribution in [0.15, 0.2) is 36.4 Å². The molecule has 0 aromatic heterocycles. The summed E-state index contributed by atoms with van der Waals surface area (Å²) in [6.07, 6.45) is 10.1. The lowest BCUT2D eigenvalue weighted by Gasteiger charge is -2.26. The zero-order chi connectivity index (χ0) is 17.6. The average Bonchev–Trinajstić information content (AvgIpc) is 2.64. The zero-order valence-corrected chi connectivity index (χ0v) is 15.8. The SMILES string of the molecule is CCCCc1ccc(C2CCc3cc(CCCC)ccc3C2)c(F)c1. The summed E-state index contributed by atoms with van der Waals surface area (Å²) in [5, 5.41) is 0. The highest BCUT2D eigenvalue weighted by Crippen LogP contribution is 2.34. The van der Waals surface area contributed by atoms with E-state index in [4.69, 9.17) is 0 Å². The summed E-state index contributed by atoms with van der Waals surface area (Å²) in [5.74, 6) is 0.329. The second-order valence-electron chi connectivity index (χ2n) is 7.61.